The van der Waals surface area contributed by atoms with E-state index in [1.807, 2.05) is 30.3 Å². The van der Waals surface area contributed by atoms with Crippen molar-refractivity contribution in [3.8, 4) is 11.5 Å². The minimum atomic E-state index is -0.846. The van der Waals surface area contributed by atoms with E-state index >= 15 is 0 Å². The Kier molecular flexibility index (Phi) is 8.89. The van der Waals surface area contributed by atoms with Gasteiger partial charge in [-0.1, -0.05) is 65.9 Å². The molecule has 1 unspecified atom stereocenters. The van der Waals surface area contributed by atoms with Gasteiger partial charge in [0.15, 0.2) is 4.80 Å². The van der Waals surface area contributed by atoms with Crippen molar-refractivity contribution in [2.24, 2.45) is 4.99 Å². The molecule has 0 amide bonds. The van der Waals surface area contributed by atoms with Crippen LogP contribution in [0.4, 0.5) is 0 Å². The fourth-order valence-electron chi connectivity index (χ4n) is 4.94. The Hall–Kier alpha value is -6.07. The highest BCUT2D eigenvalue weighted by Gasteiger charge is 2.33. The molecular formula is C36H26N2O8S. The van der Waals surface area contributed by atoms with Gasteiger partial charge >= 0.3 is 17.9 Å². The van der Waals surface area contributed by atoms with E-state index in [0.29, 0.717) is 31.9 Å². The molecule has 3 aromatic carbocycles. The number of ether oxygens (including phenoxy) is 3. The van der Waals surface area contributed by atoms with Gasteiger partial charge in [0.25, 0.3) is 5.56 Å². The maximum atomic E-state index is 13.9. The molecule has 5 aromatic rings. The van der Waals surface area contributed by atoms with Crippen molar-refractivity contribution in [1.82, 2.24) is 4.57 Å². The summed E-state index contributed by atoms with van der Waals surface area (Å²) in [5.41, 5.74) is 2.41. The number of benzene rings is 3. The highest BCUT2D eigenvalue weighted by Crippen LogP contribution is 2.31. The van der Waals surface area contributed by atoms with Crippen LogP contribution in [0.15, 0.2) is 129 Å². The van der Waals surface area contributed by atoms with Gasteiger partial charge in [-0.25, -0.2) is 19.4 Å². The molecule has 0 saturated heterocycles. The molecule has 1 aliphatic rings. The Morgan fingerprint density at radius 1 is 0.851 bits per heavy atom. The van der Waals surface area contributed by atoms with E-state index in [-0.39, 0.29) is 22.6 Å². The first kappa shape index (κ1) is 30.9. The first-order chi connectivity index (χ1) is 22.8. The van der Waals surface area contributed by atoms with Gasteiger partial charge in [0.1, 0.15) is 11.5 Å². The number of methoxy groups -OCH3 is 1. The third-order valence-electron chi connectivity index (χ3n) is 7.16. The summed E-state index contributed by atoms with van der Waals surface area (Å²) in [4.78, 5) is 56.4. The minimum Gasteiger partial charge on any atom is -0.466 e. The number of esters is 3. The van der Waals surface area contributed by atoms with Crippen molar-refractivity contribution in [3.63, 3.8) is 0 Å². The van der Waals surface area contributed by atoms with Gasteiger partial charge in [-0.3, -0.25) is 9.36 Å². The van der Waals surface area contributed by atoms with E-state index in [2.05, 4.69) is 4.99 Å². The highest BCUT2D eigenvalue weighted by molar-refractivity contribution is 7.07. The lowest BCUT2D eigenvalue weighted by Gasteiger charge is -2.24. The maximum absolute atomic E-state index is 13.9. The van der Waals surface area contributed by atoms with Crippen LogP contribution in [-0.2, 0) is 14.3 Å². The summed E-state index contributed by atoms with van der Waals surface area (Å²) in [6, 6.07) is 24.8. The largest absolute Gasteiger partial charge is 0.466 e. The van der Waals surface area contributed by atoms with Crippen LogP contribution in [0.3, 0.4) is 0 Å². The van der Waals surface area contributed by atoms with Crippen molar-refractivity contribution in [2.45, 2.75) is 13.0 Å². The minimum absolute atomic E-state index is 0.0550. The van der Waals surface area contributed by atoms with E-state index in [1.54, 1.807) is 73.7 Å². The van der Waals surface area contributed by atoms with Crippen LogP contribution in [0.25, 0.3) is 12.2 Å². The average molecular weight is 647 g/mol. The van der Waals surface area contributed by atoms with E-state index in [0.717, 1.165) is 5.56 Å². The fraction of sp³-hybridized carbons (Fsp3) is 0.0833. The van der Waals surface area contributed by atoms with E-state index < -0.39 is 23.9 Å². The zero-order valence-electron chi connectivity index (χ0n) is 25.1. The first-order valence-corrected chi connectivity index (χ1v) is 15.1. The van der Waals surface area contributed by atoms with Crippen LogP contribution in [-0.4, -0.2) is 29.6 Å². The molecule has 3 heterocycles. The van der Waals surface area contributed by atoms with Crippen molar-refractivity contribution in [3.05, 3.63) is 157 Å². The lowest BCUT2D eigenvalue weighted by molar-refractivity contribution is -0.136. The standard InChI is InChI=1S/C36H26N2O8S/c1-22-31(35(42)43-2)32(25-13-17-27(18-14-25)46-34(41)28-9-6-20-44-28)38-33(40)29(47-36(38)37-22)21-24-10-15-26(16-11-24)45-30(39)19-12-23-7-4-3-5-8-23/h3-21,32H,1-2H3. The Morgan fingerprint density at radius 2 is 1.55 bits per heavy atom. The topological polar surface area (TPSA) is 126 Å². The number of thiazole rings is 1. The van der Waals surface area contributed by atoms with Crippen molar-refractivity contribution < 1.29 is 33.0 Å². The summed E-state index contributed by atoms with van der Waals surface area (Å²) in [5.74, 6) is -1.14. The normalized spacial score (nSPS) is 14.4. The second-order valence-electron chi connectivity index (χ2n) is 10.2. The molecule has 0 N–H and O–H groups in total. The number of hydrogen-bond acceptors (Lipinski definition) is 10. The van der Waals surface area contributed by atoms with Crippen LogP contribution in [0.1, 0.15) is 40.2 Å². The number of aromatic nitrogens is 1. The maximum Gasteiger partial charge on any atom is 0.379 e. The predicted molar refractivity (Wildman–Crippen MR) is 173 cm³/mol. The highest BCUT2D eigenvalue weighted by atomic mass is 32.1. The Morgan fingerprint density at radius 3 is 2.23 bits per heavy atom. The van der Waals surface area contributed by atoms with Gasteiger partial charge in [-0.2, -0.15) is 0 Å². The lowest BCUT2D eigenvalue weighted by Crippen LogP contribution is -2.39. The third-order valence-corrected chi connectivity index (χ3v) is 8.15. The number of allylic oxidation sites excluding steroid dienone is 1. The summed E-state index contributed by atoms with van der Waals surface area (Å²) in [5, 5.41) is 0. The number of rotatable bonds is 8. The molecule has 0 spiro atoms. The molecular weight excluding hydrogens is 620 g/mol. The molecule has 2 aromatic heterocycles. The summed E-state index contributed by atoms with van der Waals surface area (Å²) in [6.45, 7) is 1.69. The predicted octanol–water partition coefficient (Wildman–Crippen LogP) is 4.84. The van der Waals surface area contributed by atoms with Crippen LogP contribution in [0.5, 0.6) is 11.5 Å². The Bertz CT molecular complexity index is 2190. The first-order valence-electron chi connectivity index (χ1n) is 14.3. The average Bonchev–Trinajstić information content (AvgIpc) is 3.73. The molecule has 10 nitrogen and oxygen atoms in total. The number of nitrogens with zero attached hydrogens (tertiary/aromatic N) is 2. The molecule has 1 aliphatic heterocycles. The number of hydrogen-bond donors (Lipinski definition) is 0. The Labute approximate surface area is 271 Å². The molecule has 0 fully saturated rings. The molecule has 0 saturated carbocycles. The van der Waals surface area contributed by atoms with Gasteiger partial charge < -0.3 is 18.6 Å². The van der Waals surface area contributed by atoms with Crippen LogP contribution < -0.4 is 24.4 Å². The zero-order valence-corrected chi connectivity index (χ0v) is 25.9. The van der Waals surface area contributed by atoms with Crippen molar-refractivity contribution in [1.29, 1.82) is 0 Å². The van der Waals surface area contributed by atoms with Crippen molar-refractivity contribution >= 4 is 41.4 Å². The van der Waals surface area contributed by atoms with Crippen molar-refractivity contribution in [2.75, 3.05) is 7.11 Å². The number of carbonyl (C=O) groups is 3. The second kappa shape index (κ2) is 13.5. The summed E-state index contributed by atoms with van der Waals surface area (Å²) in [6.07, 6.45) is 6.10. The quantitative estimate of drug-likeness (QED) is 0.133. The molecule has 11 heteroatoms. The molecule has 1 atom stereocenters. The van der Waals surface area contributed by atoms with E-state index in [9.17, 15) is 19.2 Å². The van der Waals surface area contributed by atoms with Crippen LogP contribution in [0, 0.1) is 0 Å². The smallest absolute Gasteiger partial charge is 0.379 e. The molecule has 0 radical (unpaired) electrons. The molecule has 47 heavy (non-hydrogen) atoms. The van der Waals surface area contributed by atoms with Gasteiger partial charge in [0.05, 0.1) is 35.2 Å². The zero-order chi connectivity index (χ0) is 32.9. The summed E-state index contributed by atoms with van der Waals surface area (Å²) < 4.78 is 22.8. The van der Waals surface area contributed by atoms with Gasteiger partial charge in [0.2, 0.25) is 5.76 Å². The number of carbonyl (C=O) groups excluding carboxylic acids is 3. The molecule has 0 bridgehead atoms. The molecule has 0 aliphatic carbocycles. The van der Waals surface area contributed by atoms with E-state index in [1.165, 1.54) is 41.4 Å². The lowest BCUT2D eigenvalue weighted by atomic mass is 9.96. The van der Waals surface area contributed by atoms with Gasteiger partial charge in [-0.05, 0) is 72.2 Å². The summed E-state index contributed by atoms with van der Waals surface area (Å²) in [7, 11) is 1.27. The molecule has 6 rings (SSSR count). The van der Waals surface area contributed by atoms with Crippen LogP contribution in [0.2, 0.25) is 0 Å². The second-order valence-corrected chi connectivity index (χ2v) is 11.3. The number of furan rings is 1. The number of fused-ring (bicyclic) bond motifs is 1. The molecule has 234 valence electrons. The third kappa shape index (κ3) is 6.80. The van der Waals surface area contributed by atoms with Gasteiger partial charge in [0, 0.05) is 6.08 Å². The van der Waals surface area contributed by atoms with Gasteiger partial charge in [-0.15, -0.1) is 0 Å². The van der Waals surface area contributed by atoms with Crippen LogP contribution >= 0.6 is 11.3 Å². The fourth-order valence-corrected chi connectivity index (χ4v) is 5.99. The SMILES string of the molecule is COC(=O)C1=C(C)N=c2sc(=Cc3ccc(OC(=O)C=Cc4ccccc4)cc3)c(=O)n2C1c1ccc(OC(=O)c2ccco2)cc1. The summed E-state index contributed by atoms with van der Waals surface area (Å²) >= 11 is 1.18. The monoisotopic (exact) mass is 646 g/mol. The Balaban J connectivity index is 1.27. The van der Waals surface area contributed by atoms with E-state index in [4.69, 9.17) is 18.6 Å².